The quantitative estimate of drug-likeness (QED) is 0.261. The molecule has 1 unspecified atom stereocenters. The van der Waals surface area contributed by atoms with Crippen molar-refractivity contribution in [3.63, 3.8) is 0 Å². The average molecular weight is 279 g/mol. The highest BCUT2D eigenvalue weighted by atomic mass is 19.4. The van der Waals surface area contributed by atoms with E-state index in [1.807, 2.05) is 0 Å². The van der Waals surface area contributed by atoms with Gasteiger partial charge in [-0.25, -0.2) is 4.39 Å². The fourth-order valence-electron chi connectivity index (χ4n) is 1.47. The van der Waals surface area contributed by atoms with Gasteiger partial charge in [-0.05, 0) is 19.1 Å². The topological polar surface area (TPSA) is 70.6 Å². The summed E-state index contributed by atoms with van der Waals surface area (Å²) in [7, 11) is 0. The van der Waals surface area contributed by atoms with Crippen molar-refractivity contribution in [2.45, 2.75) is 13.1 Å². The van der Waals surface area contributed by atoms with Gasteiger partial charge in [0.2, 0.25) is 0 Å². The van der Waals surface area contributed by atoms with Gasteiger partial charge in [-0.3, -0.25) is 0 Å². The molecule has 19 heavy (non-hydrogen) atoms. The first-order valence-electron chi connectivity index (χ1n) is 5.30. The van der Waals surface area contributed by atoms with E-state index in [9.17, 15) is 17.6 Å². The molecule has 0 heterocycles. The van der Waals surface area contributed by atoms with E-state index in [0.717, 1.165) is 0 Å². The summed E-state index contributed by atoms with van der Waals surface area (Å²) in [5, 5.41) is 13.2. The summed E-state index contributed by atoms with van der Waals surface area (Å²) in [6.45, 7) is 0.785. The molecule has 0 aliphatic rings. The zero-order valence-corrected chi connectivity index (χ0v) is 10.0. The molecule has 0 saturated heterocycles. The van der Waals surface area contributed by atoms with Crippen LogP contribution in [-0.4, -0.2) is 23.8 Å². The minimum atomic E-state index is -4.66. The lowest BCUT2D eigenvalue weighted by Gasteiger charge is -2.20. The lowest BCUT2D eigenvalue weighted by atomic mass is 10.1. The fourth-order valence-corrected chi connectivity index (χ4v) is 1.47. The Morgan fingerprint density at radius 3 is 2.63 bits per heavy atom. The Kier molecular flexibility index (Phi) is 4.57. The molecule has 4 nitrogen and oxygen atoms in total. The highest BCUT2D eigenvalue weighted by Gasteiger charge is 2.42. The second-order valence-corrected chi connectivity index (χ2v) is 3.91. The number of nitrogens with two attached hydrogens (primary N) is 1. The van der Waals surface area contributed by atoms with E-state index in [2.05, 4.69) is 10.5 Å². The number of alkyl halides is 3. The molecule has 1 rings (SSSR count). The Hall–Kier alpha value is -1.99. The third kappa shape index (κ3) is 3.73. The number of oxime groups is 1. The summed E-state index contributed by atoms with van der Waals surface area (Å²) in [4.78, 5) is 0. The SMILES string of the molecule is Cc1c(F)cccc1NCC(/C(N)=N/O)C(F)(F)F. The molecule has 0 saturated carbocycles. The molecular formula is C11H13F4N3O. The third-order valence-electron chi connectivity index (χ3n) is 2.63. The van der Waals surface area contributed by atoms with Crippen LogP contribution in [0.15, 0.2) is 23.4 Å². The van der Waals surface area contributed by atoms with Crippen LogP contribution in [0.5, 0.6) is 0 Å². The van der Waals surface area contributed by atoms with Crippen molar-refractivity contribution in [1.82, 2.24) is 0 Å². The highest BCUT2D eigenvalue weighted by Crippen LogP contribution is 2.27. The first kappa shape index (κ1) is 15.1. The highest BCUT2D eigenvalue weighted by molar-refractivity contribution is 5.83. The summed E-state index contributed by atoms with van der Waals surface area (Å²) in [6.07, 6.45) is -4.66. The van der Waals surface area contributed by atoms with Crippen LogP contribution in [0.2, 0.25) is 0 Å². The van der Waals surface area contributed by atoms with Crippen molar-refractivity contribution in [2.75, 3.05) is 11.9 Å². The number of nitrogens with zero attached hydrogens (tertiary/aromatic N) is 1. The first-order chi connectivity index (χ1) is 8.77. The average Bonchev–Trinajstić information content (AvgIpc) is 2.32. The molecule has 1 aromatic rings. The second kappa shape index (κ2) is 5.77. The molecule has 106 valence electrons. The van der Waals surface area contributed by atoms with Crippen LogP contribution < -0.4 is 11.1 Å². The second-order valence-electron chi connectivity index (χ2n) is 3.91. The van der Waals surface area contributed by atoms with Crippen LogP contribution in [0, 0.1) is 18.7 Å². The number of rotatable bonds is 4. The van der Waals surface area contributed by atoms with Gasteiger partial charge in [0.25, 0.3) is 0 Å². The van der Waals surface area contributed by atoms with E-state index < -0.39 is 30.3 Å². The number of hydrogen-bond acceptors (Lipinski definition) is 3. The van der Waals surface area contributed by atoms with Crippen molar-refractivity contribution in [2.24, 2.45) is 16.8 Å². The third-order valence-corrected chi connectivity index (χ3v) is 2.63. The maximum Gasteiger partial charge on any atom is 0.400 e. The summed E-state index contributed by atoms with van der Waals surface area (Å²) < 4.78 is 51.2. The van der Waals surface area contributed by atoms with E-state index in [0.29, 0.717) is 0 Å². The van der Waals surface area contributed by atoms with Crippen LogP contribution in [0.25, 0.3) is 0 Å². The van der Waals surface area contributed by atoms with Crippen molar-refractivity contribution in [1.29, 1.82) is 0 Å². The first-order valence-corrected chi connectivity index (χ1v) is 5.30. The number of hydrogen-bond donors (Lipinski definition) is 3. The van der Waals surface area contributed by atoms with Crippen LogP contribution >= 0.6 is 0 Å². The molecule has 0 fully saturated rings. The number of nitrogens with one attached hydrogen (secondary N) is 1. The Bertz CT molecular complexity index is 473. The smallest absolute Gasteiger partial charge is 0.400 e. The monoisotopic (exact) mass is 279 g/mol. The van der Waals surface area contributed by atoms with Gasteiger partial charge in [0.15, 0.2) is 5.84 Å². The van der Waals surface area contributed by atoms with E-state index in [-0.39, 0.29) is 11.3 Å². The number of amidine groups is 1. The van der Waals surface area contributed by atoms with E-state index in [1.165, 1.54) is 25.1 Å². The molecule has 1 atom stereocenters. The fraction of sp³-hybridized carbons (Fsp3) is 0.364. The van der Waals surface area contributed by atoms with Gasteiger partial charge in [-0.1, -0.05) is 11.2 Å². The molecule has 0 amide bonds. The van der Waals surface area contributed by atoms with E-state index in [1.54, 1.807) is 0 Å². The van der Waals surface area contributed by atoms with E-state index >= 15 is 0 Å². The molecule has 0 bridgehead atoms. The minimum absolute atomic E-state index is 0.197. The van der Waals surface area contributed by atoms with E-state index in [4.69, 9.17) is 10.9 Å². The van der Waals surface area contributed by atoms with Gasteiger partial charge in [0, 0.05) is 17.8 Å². The number of anilines is 1. The van der Waals surface area contributed by atoms with Crippen molar-refractivity contribution in [3.8, 4) is 0 Å². The largest absolute Gasteiger partial charge is 0.409 e. The molecule has 0 aliphatic heterocycles. The number of halogens is 4. The Labute approximate surface area is 106 Å². The minimum Gasteiger partial charge on any atom is -0.409 e. The van der Waals surface area contributed by atoms with Gasteiger partial charge in [-0.2, -0.15) is 13.2 Å². The van der Waals surface area contributed by atoms with Crippen molar-refractivity contribution in [3.05, 3.63) is 29.6 Å². The van der Waals surface area contributed by atoms with Crippen LogP contribution in [0.3, 0.4) is 0 Å². The van der Waals surface area contributed by atoms with Crippen molar-refractivity contribution < 1.29 is 22.8 Å². The van der Waals surface area contributed by atoms with Gasteiger partial charge >= 0.3 is 6.18 Å². The molecule has 4 N–H and O–H groups in total. The lowest BCUT2D eigenvalue weighted by Crippen LogP contribution is -2.40. The summed E-state index contributed by atoms with van der Waals surface area (Å²) in [5.74, 6) is -3.63. The molecular weight excluding hydrogens is 266 g/mol. The molecule has 0 aliphatic carbocycles. The summed E-state index contributed by atoms with van der Waals surface area (Å²) >= 11 is 0. The summed E-state index contributed by atoms with van der Waals surface area (Å²) in [5.41, 5.74) is 5.42. The normalized spacial score (nSPS) is 14.3. The van der Waals surface area contributed by atoms with Gasteiger partial charge < -0.3 is 16.3 Å². The molecule has 1 aromatic carbocycles. The predicted octanol–water partition coefficient (Wildman–Crippen LogP) is 2.47. The number of benzene rings is 1. The zero-order chi connectivity index (χ0) is 14.6. The van der Waals surface area contributed by atoms with Gasteiger partial charge in [0.1, 0.15) is 11.7 Å². The maximum atomic E-state index is 13.2. The summed E-state index contributed by atoms with van der Waals surface area (Å²) in [6, 6.07) is 4.01. The Balaban J connectivity index is 2.86. The molecule has 8 heteroatoms. The Morgan fingerprint density at radius 2 is 2.11 bits per heavy atom. The molecule has 0 radical (unpaired) electrons. The molecule has 0 aromatic heterocycles. The lowest BCUT2D eigenvalue weighted by molar-refractivity contribution is -0.152. The van der Waals surface area contributed by atoms with Crippen molar-refractivity contribution >= 4 is 11.5 Å². The van der Waals surface area contributed by atoms with Crippen LogP contribution in [0.4, 0.5) is 23.2 Å². The van der Waals surface area contributed by atoms with Gasteiger partial charge in [0.05, 0.1) is 0 Å². The standard InChI is InChI=1S/C11H13F4N3O/c1-6-8(12)3-2-4-9(6)17-5-7(10(16)18-19)11(13,14)15/h2-4,7,17,19H,5H2,1H3,(H2,16,18). The maximum absolute atomic E-state index is 13.2. The van der Waals surface area contributed by atoms with Gasteiger partial charge in [-0.15, -0.1) is 0 Å². The Morgan fingerprint density at radius 1 is 1.47 bits per heavy atom. The molecule has 0 spiro atoms. The predicted molar refractivity (Wildman–Crippen MR) is 62.6 cm³/mol. The van der Waals surface area contributed by atoms with Crippen LogP contribution in [0.1, 0.15) is 5.56 Å². The zero-order valence-electron chi connectivity index (χ0n) is 10.0. The van der Waals surface area contributed by atoms with Crippen LogP contribution in [-0.2, 0) is 0 Å².